The topological polar surface area (TPSA) is 38.0 Å². The van der Waals surface area contributed by atoms with Crippen molar-refractivity contribution in [3.05, 3.63) is 68.9 Å². The number of hydrogen-bond acceptors (Lipinski definition) is 2. The summed E-state index contributed by atoms with van der Waals surface area (Å²) in [6.45, 7) is 3.88. The first-order valence-electron chi connectivity index (χ1n) is 6.00. The Morgan fingerprint density at radius 1 is 1.11 bits per heavy atom. The molecule has 2 rings (SSSR count). The van der Waals surface area contributed by atoms with Gasteiger partial charge >= 0.3 is 0 Å². The number of benzene rings is 2. The van der Waals surface area contributed by atoms with Gasteiger partial charge in [-0.2, -0.15) is 0 Å². The number of nitrogens with two attached hydrogens (primary N) is 1. The summed E-state index contributed by atoms with van der Waals surface area (Å²) < 4.78 is 14.6. The van der Waals surface area contributed by atoms with Crippen molar-refractivity contribution in [2.75, 3.05) is 0 Å². The highest BCUT2D eigenvalue weighted by atomic mass is 79.9. The van der Waals surface area contributed by atoms with Crippen molar-refractivity contribution in [1.82, 2.24) is 5.43 Å². The number of halogens is 2. The molecule has 19 heavy (non-hydrogen) atoms. The van der Waals surface area contributed by atoms with E-state index in [9.17, 15) is 4.39 Å². The maximum Gasteiger partial charge on any atom is 0.123 e. The van der Waals surface area contributed by atoms with Gasteiger partial charge in [0, 0.05) is 4.47 Å². The first-order valence-corrected chi connectivity index (χ1v) is 6.80. The maximum absolute atomic E-state index is 13.5. The van der Waals surface area contributed by atoms with Gasteiger partial charge in [-0.25, -0.2) is 9.82 Å². The Kier molecular flexibility index (Phi) is 4.34. The van der Waals surface area contributed by atoms with Gasteiger partial charge in [0.05, 0.1) is 6.04 Å². The largest absolute Gasteiger partial charge is 0.271 e. The summed E-state index contributed by atoms with van der Waals surface area (Å²) in [5, 5.41) is 0. The van der Waals surface area contributed by atoms with Crippen LogP contribution in [-0.4, -0.2) is 0 Å². The summed E-state index contributed by atoms with van der Waals surface area (Å²) >= 11 is 3.47. The molecule has 0 radical (unpaired) electrons. The fraction of sp³-hybridized carbons (Fsp3) is 0.200. The summed E-state index contributed by atoms with van der Waals surface area (Å²) in [6, 6.07) is 10.7. The molecule has 4 heteroatoms. The molecule has 2 nitrogen and oxygen atoms in total. The SMILES string of the molecule is Cc1cc(F)cc(C(NN)c2ccc(Br)c(C)c2)c1. The van der Waals surface area contributed by atoms with Crippen molar-refractivity contribution >= 4 is 15.9 Å². The molecule has 2 aromatic carbocycles. The molecular weight excluding hydrogens is 307 g/mol. The van der Waals surface area contributed by atoms with E-state index in [1.165, 1.54) is 12.1 Å². The van der Waals surface area contributed by atoms with Gasteiger partial charge in [0.15, 0.2) is 0 Å². The lowest BCUT2D eigenvalue weighted by molar-refractivity contribution is 0.603. The molecule has 0 bridgehead atoms. The van der Waals surface area contributed by atoms with Crippen LogP contribution >= 0.6 is 15.9 Å². The summed E-state index contributed by atoms with van der Waals surface area (Å²) in [5.74, 6) is 5.39. The van der Waals surface area contributed by atoms with Crippen LogP contribution < -0.4 is 11.3 Å². The van der Waals surface area contributed by atoms with Gasteiger partial charge in [-0.3, -0.25) is 5.84 Å². The van der Waals surface area contributed by atoms with E-state index in [0.29, 0.717) is 0 Å². The minimum absolute atomic E-state index is 0.221. The Balaban J connectivity index is 2.46. The number of rotatable bonds is 3. The van der Waals surface area contributed by atoms with Crippen LogP contribution in [0, 0.1) is 19.7 Å². The minimum Gasteiger partial charge on any atom is -0.271 e. The van der Waals surface area contributed by atoms with Crippen molar-refractivity contribution in [2.45, 2.75) is 19.9 Å². The Hall–Kier alpha value is -1.23. The van der Waals surface area contributed by atoms with Crippen LogP contribution in [0.4, 0.5) is 4.39 Å². The van der Waals surface area contributed by atoms with Crippen molar-refractivity contribution in [2.24, 2.45) is 5.84 Å². The highest BCUT2D eigenvalue weighted by Gasteiger charge is 2.14. The molecule has 0 fully saturated rings. The third kappa shape index (κ3) is 3.21. The van der Waals surface area contributed by atoms with Crippen molar-refractivity contribution < 1.29 is 4.39 Å². The van der Waals surface area contributed by atoms with Crippen LogP contribution in [0.25, 0.3) is 0 Å². The average Bonchev–Trinajstić information content (AvgIpc) is 2.33. The molecule has 2 aromatic rings. The molecule has 0 aliphatic carbocycles. The molecule has 0 spiro atoms. The fourth-order valence-corrected chi connectivity index (χ4v) is 2.41. The van der Waals surface area contributed by atoms with Gasteiger partial charge in [0.1, 0.15) is 5.82 Å². The monoisotopic (exact) mass is 322 g/mol. The zero-order valence-electron chi connectivity index (χ0n) is 10.9. The van der Waals surface area contributed by atoms with Crippen molar-refractivity contribution in [1.29, 1.82) is 0 Å². The molecule has 0 amide bonds. The Bertz CT molecular complexity index is 578. The summed E-state index contributed by atoms with van der Waals surface area (Å²) in [5.41, 5.74) is 6.58. The molecule has 0 saturated heterocycles. The van der Waals surface area contributed by atoms with Gasteiger partial charge in [-0.15, -0.1) is 0 Å². The minimum atomic E-state index is -0.246. The predicted molar refractivity (Wildman–Crippen MR) is 79.2 cm³/mol. The van der Waals surface area contributed by atoms with E-state index in [1.54, 1.807) is 0 Å². The summed E-state index contributed by atoms with van der Waals surface area (Å²) in [7, 11) is 0. The molecule has 1 unspecified atom stereocenters. The van der Waals surface area contributed by atoms with E-state index in [-0.39, 0.29) is 11.9 Å². The average molecular weight is 323 g/mol. The van der Waals surface area contributed by atoms with Gasteiger partial charge in [0.2, 0.25) is 0 Å². The predicted octanol–water partition coefficient (Wildman–Crippen LogP) is 3.76. The Morgan fingerprint density at radius 3 is 2.42 bits per heavy atom. The van der Waals surface area contributed by atoms with E-state index in [4.69, 9.17) is 5.84 Å². The second-order valence-corrected chi connectivity index (χ2v) is 5.52. The van der Waals surface area contributed by atoms with E-state index < -0.39 is 0 Å². The molecule has 0 heterocycles. The second-order valence-electron chi connectivity index (χ2n) is 4.67. The van der Waals surface area contributed by atoms with Gasteiger partial charge in [-0.1, -0.05) is 34.1 Å². The zero-order valence-corrected chi connectivity index (χ0v) is 12.5. The number of nitrogens with one attached hydrogen (secondary N) is 1. The fourth-order valence-electron chi connectivity index (χ4n) is 2.16. The maximum atomic E-state index is 13.5. The van der Waals surface area contributed by atoms with Crippen LogP contribution in [0.2, 0.25) is 0 Å². The lowest BCUT2D eigenvalue weighted by Gasteiger charge is -2.18. The van der Waals surface area contributed by atoms with E-state index in [1.807, 2.05) is 38.1 Å². The standard InChI is InChI=1S/C15H16BrFN2/c1-9-5-12(8-13(17)6-9)15(19-18)11-3-4-14(16)10(2)7-11/h3-8,15,19H,18H2,1-2H3. The third-order valence-electron chi connectivity index (χ3n) is 3.08. The second kappa shape index (κ2) is 5.82. The lowest BCUT2D eigenvalue weighted by Crippen LogP contribution is -2.29. The van der Waals surface area contributed by atoms with Gasteiger partial charge in [-0.05, 0) is 54.3 Å². The highest BCUT2D eigenvalue weighted by Crippen LogP contribution is 2.26. The van der Waals surface area contributed by atoms with Gasteiger partial charge < -0.3 is 0 Å². The number of hydrogen-bond donors (Lipinski definition) is 2. The van der Waals surface area contributed by atoms with E-state index in [2.05, 4.69) is 21.4 Å². The molecule has 100 valence electrons. The van der Waals surface area contributed by atoms with E-state index >= 15 is 0 Å². The molecule has 0 aliphatic rings. The van der Waals surface area contributed by atoms with Crippen LogP contribution in [0.5, 0.6) is 0 Å². The smallest absolute Gasteiger partial charge is 0.123 e. The Labute approximate surface area is 120 Å². The zero-order chi connectivity index (χ0) is 14.0. The Morgan fingerprint density at radius 2 is 1.84 bits per heavy atom. The molecule has 3 N–H and O–H groups in total. The van der Waals surface area contributed by atoms with Crippen LogP contribution in [-0.2, 0) is 0 Å². The normalized spacial score (nSPS) is 12.5. The van der Waals surface area contributed by atoms with Crippen molar-refractivity contribution in [3.8, 4) is 0 Å². The first-order chi connectivity index (χ1) is 9.01. The van der Waals surface area contributed by atoms with Crippen LogP contribution in [0.1, 0.15) is 28.3 Å². The van der Waals surface area contributed by atoms with Crippen LogP contribution in [0.3, 0.4) is 0 Å². The highest BCUT2D eigenvalue weighted by molar-refractivity contribution is 9.10. The lowest BCUT2D eigenvalue weighted by atomic mass is 9.96. The van der Waals surface area contributed by atoms with Crippen molar-refractivity contribution in [3.63, 3.8) is 0 Å². The van der Waals surface area contributed by atoms with Crippen LogP contribution in [0.15, 0.2) is 40.9 Å². The summed E-state index contributed by atoms with van der Waals surface area (Å²) in [4.78, 5) is 0. The molecule has 0 saturated carbocycles. The number of aryl methyl sites for hydroxylation is 2. The number of hydrazine groups is 1. The quantitative estimate of drug-likeness (QED) is 0.667. The summed E-state index contributed by atoms with van der Waals surface area (Å²) in [6.07, 6.45) is 0. The molecule has 0 aromatic heterocycles. The molecular formula is C15H16BrFN2. The third-order valence-corrected chi connectivity index (χ3v) is 3.97. The van der Waals surface area contributed by atoms with Gasteiger partial charge in [0.25, 0.3) is 0 Å². The van der Waals surface area contributed by atoms with E-state index in [0.717, 1.165) is 26.7 Å². The molecule has 0 aliphatic heterocycles. The first kappa shape index (κ1) is 14.2. The molecule has 1 atom stereocenters.